The first kappa shape index (κ1) is 15.8. The third-order valence-electron chi connectivity index (χ3n) is 0. The molecule has 7 heavy (non-hydrogen) atoms. The summed E-state index contributed by atoms with van der Waals surface area (Å²) in [6.07, 6.45) is 0. The van der Waals surface area contributed by atoms with Crippen molar-refractivity contribution in [1.82, 2.24) is 0 Å². The first-order chi connectivity index (χ1) is 2.00. The zero-order valence-electron chi connectivity index (χ0n) is 3.66. The van der Waals surface area contributed by atoms with Crippen LogP contribution >= 0.6 is 0 Å². The van der Waals surface area contributed by atoms with Crippen LogP contribution in [0.4, 0.5) is 0 Å². The maximum absolute atomic E-state index is 8.91. The van der Waals surface area contributed by atoms with Crippen LogP contribution in [-0.4, -0.2) is 47.1 Å². The average Bonchev–Trinajstić information content (AvgIpc) is 0.722. The van der Waals surface area contributed by atoms with Crippen molar-refractivity contribution in [3.8, 4) is 0 Å². The van der Waals surface area contributed by atoms with Gasteiger partial charge in [-0.15, -0.1) is 0 Å². The van der Waals surface area contributed by atoms with Crippen molar-refractivity contribution < 1.29 is 38.0 Å². The number of rotatable bonds is 0. The van der Waals surface area contributed by atoms with Crippen LogP contribution in [0.25, 0.3) is 0 Å². The molecule has 0 aliphatic carbocycles. The van der Waals surface area contributed by atoms with Crippen LogP contribution < -0.4 is 23.7 Å². The van der Waals surface area contributed by atoms with Crippen LogP contribution in [0.2, 0.25) is 0 Å². The predicted molar refractivity (Wildman–Crippen MR) is 18.2 cm³/mol. The summed E-state index contributed by atoms with van der Waals surface area (Å²) in [6.45, 7) is 0. The summed E-state index contributed by atoms with van der Waals surface area (Å²) >= 11 is 0. The van der Waals surface area contributed by atoms with Crippen molar-refractivity contribution in [2.45, 2.75) is 0 Å². The maximum atomic E-state index is 8.91. The standard InChI is InChI=1S/Li.H3O4Si.Te/c;1-5(2,3)4;/h;1-3H;/q+1;-1;-2. The van der Waals surface area contributed by atoms with Crippen molar-refractivity contribution in [3.63, 3.8) is 0 Å². The molecule has 0 aliphatic rings. The summed E-state index contributed by atoms with van der Waals surface area (Å²) in [6, 6.07) is 0. The molecule has 0 fully saturated rings. The van der Waals surface area contributed by atoms with Crippen LogP contribution in [-0.2, 0) is 0 Å². The minimum Gasteiger partial charge on any atom is -2.00 e. The number of hydrogen-bond acceptors (Lipinski definition) is 4. The predicted octanol–water partition coefficient (Wildman–Crippen LogP) is -6.62. The third kappa shape index (κ3) is 106. The Morgan fingerprint density at radius 1 is 1.14 bits per heavy atom. The van der Waals surface area contributed by atoms with E-state index in [4.69, 9.17) is 19.2 Å². The Hall–Kier alpha value is 1.44. The Kier molecular flexibility index (Phi) is 12.6. The van der Waals surface area contributed by atoms with Gasteiger partial charge in [-0.3, -0.25) is 0 Å². The monoisotopic (exact) mass is 232 g/mol. The average molecular weight is 230 g/mol. The minimum absolute atomic E-state index is 0. The Labute approximate surface area is 70.6 Å². The molecule has 0 spiro atoms. The summed E-state index contributed by atoms with van der Waals surface area (Å²) in [5, 5.41) is 0. The van der Waals surface area contributed by atoms with Crippen molar-refractivity contribution >= 4 is 32.7 Å². The van der Waals surface area contributed by atoms with Crippen molar-refractivity contribution in [2.75, 3.05) is 0 Å². The maximum Gasteiger partial charge on any atom is 1.00 e. The van der Waals surface area contributed by atoms with Crippen LogP contribution in [0.5, 0.6) is 0 Å². The molecule has 0 aliphatic heterocycles. The van der Waals surface area contributed by atoms with E-state index in [2.05, 4.69) is 0 Å². The van der Waals surface area contributed by atoms with Gasteiger partial charge < -0.3 is 42.8 Å². The molecule has 4 nitrogen and oxygen atoms in total. The fourth-order valence-electron chi connectivity index (χ4n) is 0. The molecule has 0 aromatic heterocycles. The summed E-state index contributed by atoms with van der Waals surface area (Å²) in [7, 11) is -4.86. The topological polar surface area (TPSA) is 83.8 Å². The van der Waals surface area contributed by atoms with E-state index < -0.39 is 9.05 Å². The van der Waals surface area contributed by atoms with Gasteiger partial charge in [0, 0.05) is 0 Å². The normalized spacial score (nSPS) is 8.57. The minimum atomic E-state index is -4.86. The van der Waals surface area contributed by atoms with E-state index in [9.17, 15) is 0 Å². The second kappa shape index (κ2) is 5.58. The molecular weight excluding hydrogens is 227 g/mol. The molecule has 0 aromatic rings. The van der Waals surface area contributed by atoms with Gasteiger partial charge in [0.25, 0.3) is 0 Å². The van der Waals surface area contributed by atoms with E-state index in [-0.39, 0.29) is 42.5 Å². The summed E-state index contributed by atoms with van der Waals surface area (Å²) < 4.78 is 0. The molecule has 0 bridgehead atoms. The first-order valence-electron chi connectivity index (χ1n) is 0.875. The Morgan fingerprint density at radius 2 is 1.14 bits per heavy atom. The molecule has 3 N–H and O–H groups in total. The first-order valence-corrected chi connectivity index (χ1v) is 2.62. The summed E-state index contributed by atoms with van der Waals surface area (Å²) in [5.41, 5.74) is 0. The number of hydrogen-bond donors (Lipinski definition) is 3. The van der Waals surface area contributed by atoms with Gasteiger partial charge >= 0.3 is 27.9 Å². The van der Waals surface area contributed by atoms with Crippen molar-refractivity contribution in [2.24, 2.45) is 0 Å². The second-order valence-corrected chi connectivity index (χ2v) is 1.72. The van der Waals surface area contributed by atoms with Gasteiger partial charge in [-0.05, 0) is 0 Å². The van der Waals surface area contributed by atoms with E-state index in [1.807, 2.05) is 0 Å². The Balaban J connectivity index is -0.0000000800. The van der Waals surface area contributed by atoms with Gasteiger partial charge in [0.1, 0.15) is 0 Å². The molecule has 0 heterocycles. The van der Waals surface area contributed by atoms with Crippen LogP contribution in [0.15, 0.2) is 0 Å². The molecule has 0 aromatic carbocycles. The fraction of sp³-hybridized carbons (Fsp3) is 0. The van der Waals surface area contributed by atoms with Gasteiger partial charge in [0.05, 0.1) is 0 Å². The van der Waals surface area contributed by atoms with Gasteiger partial charge in [-0.2, -0.15) is 0 Å². The van der Waals surface area contributed by atoms with E-state index >= 15 is 0 Å². The zero-order chi connectivity index (χ0) is 4.50. The van der Waals surface area contributed by atoms with Gasteiger partial charge in [0.2, 0.25) is 0 Å². The summed E-state index contributed by atoms with van der Waals surface area (Å²) in [5.74, 6) is 0. The molecule has 0 saturated carbocycles. The molecule has 0 saturated heterocycles. The van der Waals surface area contributed by atoms with Crippen LogP contribution in [0.3, 0.4) is 0 Å². The smallest absolute Gasteiger partial charge is 1.00 e. The van der Waals surface area contributed by atoms with Gasteiger partial charge in [0.15, 0.2) is 0 Å². The van der Waals surface area contributed by atoms with Crippen LogP contribution in [0, 0.1) is 0 Å². The zero-order valence-corrected chi connectivity index (χ0v) is 6.99. The van der Waals surface area contributed by atoms with E-state index in [1.54, 1.807) is 0 Å². The summed E-state index contributed by atoms with van der Waals surface area (Å²) in [4.78, 5) is 30.6. The van der Waals surface area contributed by atoms with E-state index in [1.165, 1.54) is 0 Å². The SMILES string of the molecule is [Li+].[O-][Si](O)(O)O.[Te-2]. The quantitative estimate of drug-likeness (QED) is 0.361. The van der Waals surface area contributed by atoms with Gasteiger partial charge in [-0.1, -0.05) is 0 Å². The molecule has 40 valence electrons. The molecule has 0 radical (unpaired) electrons. The van der Waals surface area contributed by atoms with E-state index in [0.29, 0.717) is 0 Å². The largest absolute Gasteiger partial charge is 2.00 e. The van der Waals surface area contributed by atoms with Crippen molar-refractivity contribution in [3.05, 3.63) is 0 Å². The van der Waals surface area contributed by atoms with Gasteiger partial charge in [-0.25, -0.2) is 0 Å². The molecule has 0 rings (SSSR count). The van der Waals surface area contributed by atoms with Crippen molar-refractivity contribution in [1.29, 1.82) is 0 Å². The second-order valence-electron chi connectivity index (χ2n) is 0.574. The third-order valence-corrected chi connectivity index (χ3v) is 0. The fourth-order valence-corrected chi connectivity index (χ4v) is 0. The van der Waals surface area contributed by atoms with Crippen LogP contribution in [0.1, 0.15) is 0 Å². The molecule has 0 unspecified atom stereocenters. The molecule has 7 heteroatoms. The molecule has 0 amide bonds. The molecule has 0 atom stereocenters. The Bertz CT molecular complexity index is 27.2. The molecular formula is H3LiO4SiTe-2. The van der Waals surface area contributed by atoms with E-state index in [0.717, 1.165) is 0 Å². The Morgan fingerprint density at radius 3 is 1.14 bits per heavy atom.